The SMILES string of the molecule is CCOC(=O)C1(Cl)OC1C[C@H](C)CCC=C(C)C. The van der Waals surface area contributed by atoms with Crippen molar-refractivity contribution >= 4 is 17.6 Å². The molecule has 1 aliphatic heterocycles. The van der Waals surface area contributed by atoms with Crippen molar-refractivity contribution in [2.24, 2.45) is 5.92 Å². The summed E-state index contributed by atoms with van der Waals surface area (Å²) in [6.45, 7) is 8.44. The van der Waals surface area contributed by atoms with E-state index in [1.165, 1.54) is 5.57 Å². The van der Waals surface area contributed by atoms with Crippen LogP contribution < -0.4 is 0 Å². The number of halogens is 1. The van der Waals surface area contributed by atoms with Crippen LogP contribution in [0, 0.1) is 5.92 Å². The highest BCUT2D eigenvalue weighted by Crippen LogP contribution is 2.45. The van der Waals surface area contributed by atoms with E-state index in [4.69, 9.17) is 21.1 Å². The molecule has 1 saturated heterocycles. The summed E-state index contributed by atoms with van der Waals surface area (Å²) in [5.74, 6) is 0.0359. The molecule has 1 fully saturated rings. The number of hydrogen-bond acceptors (Lipinski definition) is 3. The van der Waals surface area contributed by atoms with Gasteiger partial charge in [-0.15, -0.1) is 0 Å². The number of rotatable bonds is 7. The Balaban J connectivity index is 2.29. The van der Waals surface area contributed by atoms with Crippen LogP contribution in [0.25, 0.3) is 0 Å². The van der Waals surface area contributed by atoms with E-state index in [1.807, 2.05) is 0 Å². The first-order chi connectivity index (χ1) is 8.40. The number of alkyl halides is 1. The number of ether oxygens (including phenoxy) is 2. The molecule has 0 saturated carbocycles. The fraction of sp³-hybridized carbons (Fsp3) is 0.786. The van der Waals surface area contributed by atoms with Crippen LogP contribution in [0.3, 0.4) is 0 Å². The van der Waals surface area contributed by atoms with Crippen molar-refractivity contribution in [1.82, 2.24) is 0 Å². The summed E-state index contributed by atoms with van der Waals surface area (Å²) in [5.41, 5.74) is 1.34. The number of esters is 1. The molecular formula is C14H23ClO3. The Labute approximate surface area is 114 Å². The second-order valence-electron chi connectivity index (χ2n) is 5.17. The molecule has 0 aromatic heterocycles. The lowest BCUT2D eigenvalue weighted by Crippen LogP contribution is -2.24. The summed E-state index contributed by atoms with van der Waals surface area (Å²) in [5, 5.41) is -1.21. The molecule has 0 amide bonds. The zero-order valence-electron chi connectivity index (χ0n) is 11.7. The van der Waals surface area contributed by atoms with Crippen LogP contribution in [-0.4, -0.2) is 23.7 Å². The van der Waals surface area contributed by atoms with E-state index < -0.39 is 11.0 Å². The predicted octanol–water partition coefficient (Wildman–Crippen LogP) is 3.66. The third-order valence-corrected chi connectivity index (χ3v) is 3.54. The van der Waals surface area contributed by atoms with E-state index in [1.54, 1.807) is 6.92 Å². The lowest BCUT2D eigenvalue weighted by Gasteiger charge is -2.09. The predicted molar refractivity (Wildman–Crippen MR) is 72.5 cm³/mol. The standard InChI is InChI=1S/C14H23ClO3/c1-5-17-13(16)14(15)12(18-14)9-11(4)8-6-7-10(2)3/h7,11-12H,5-6,8-9H2,1-4H3/t11-,12?,14?/m1/s1. The smallest absolute Gasteiger partial charge is 0.357 e. The minimum Gasteiger partial charge on any atom is -0.463 e. The monoisotopic (exact) mass is 274 g/mol. The van der Waals surface area contributed by atoms with Gasteiger partial charge in [-0.1, -0.05) is 30.2 Å². The van der Waals surface area contributed by atoms with Gasteiger partial charge in [-0.05, 0) is 46.0 Å². The van der Waals surface area contributed by atoms with Gasteiger partial charge < -0.3 is 9.47 Å². The Morgan fingerprint density at radius 2 is 2.22 bits per heavy atom. The summed E-state index contributed by atoms with van der Waals surface area (Å²) in [4.78, 5) is 11.5. The van der Waals surface area contributed by atoms with Crippen molar-refractivity contribution in [2.45, 2.75) is 58.1 Å². The maximum Gasteiger partial charge on any atom is 0.357 e. The van der Waals surface area contributed by atoms with Crippen LogP contribution in [0.2, 0.25) is 0 Å². The van der Waals surface area contributed by atoms with Gasteiger partial charge in [0.1, 0.15) is 6.10 Å². The van der Waals surface area contributed by atoms with Gasteiger partial charge in [0.25, 0.3) is 5.06 Å². The van der Waals surface area contributed by atoms with Crippen LogP contribution in [-0.2, 0) is 14.3 Å². The van der Waals surface area contributed by atoms with Crippen molar-refractivity contribution in [3.8, 4) is 0 Å². The van der Waals surface area contributed by atoms with Crippen molar-refractivity contribution in [1.29, 1.82) is 0 Å². The van der Waals surface area contributed by atoms with Gasteiger partial charge in [-0.3, -0.25) is 0 Å². The van der Waals surface area contributed by atoms with E-state index in [0.29, 0.717) is 12.5 Å². The number of epoxide rings is 1. The minimum atomic E-state index is -1.21. The number of carbonyl (C=O) groups is 1. The van der Waals surface area contributed by atoms with Gasteiger partial charge >= 0.3 is 5.97 Å². The topological polar surface area (TPSA) is 38.8 Å². The Bertz CT molecular complexity index is 323. The summed E-state index contributed by atoms with van der Waals surface area (Å²) in [6.07, 6.45) is 4.98. The van der Waals surface area contributed by atoms with Crippen molar-refractivity contribution in [3.63, 3.8) is 0 Å². The molecular weight excluding hydrogens is 252 g/mol. The molecule has 1 aliphatic rings. The molecule has 3 atom stereocenters. The average Bonchev–Trinajstić information content (AvgIpc) is 2.90. The molecule has 0 bridgehead atoms. The first-order valence-electron chi connectivity index (χ1n) is 6.57. The van der Waals surface area contributed by atoms with E-state index in [-0.39, 0.29) is 6.10 Å². The Morgan fingerprint density at radius 1 is 1.56 bits per heavy atom. The molecule has 0 N–H and O–H groups in total. The molecule has 4 heteroatoms. The van der Waals surface area contributed by atoms with Crippen LogP contribution in [0.5, 0.6) is 0 Å². The highest BCUT2D eigenvalue weighted by Gasteiger charge is 2.62. The van der Waals surface area contributed by atoms with Crippen molar-refractivity contribution < 1.29 is 14.3 Å². The minimum absolute atomic E-state index is 0.195. The fourth-order valence-corrected chi connectivity index (χ4v) is 2.17. The van der Waals surface area contributed by atoms with Gasteiger partial charge in [0.05, 0.1) is 6.61 Å². The van der Waals surface area contributed by atoms with Crippen molar-refractivity contribution in [2.75, 3.05) is 6.61 Å². The van der Waals surface area contributed by atoms with Crippen LogP contribution in [0.4, 0.5) is 0 Å². The van der Waals surface area contributed by atoms with Gasteiger partial charge in [0.15, 0.2) is 0 Å². The van der Waals surface area contributed by atoms with Crippen LogP contribution >= 0.6 is 11.6 Å². The zero-order valence-corrected chi connectivity index (χ0v) is 12.4. The van der Waals surface area contributed by atoms with Crippen LogP contribution in [0.1, 0.15) is 47.0 Å². The van der Waals surface area contributed by atoms with Gasteiger partial charge in [-0.2, -0.15) is 0 Å². The molecule has 3 nitrogen and oxygen atoms in total. The molecule has 1 rings (SSSR count). The van der Waals surface area contributed by atoms with Gasteiger partial charge in [0, 0.05) is 0 Å². The summed E-state index contributed by atoms with van der Waals surface area (Å²) in [7, 11) is 0. The molecule has 0 aliphatic carbocycles. The average molecular weight is 275 g/mol. The van der Waals surface area contributed by atoms with Crippen LogP contribution in [0.15, 0.2) is 11.6 Å². The number of carbonyl (C=O) groups excluding carboxylic acids is 1. The maximum atomic E-state index is 11.5. The zero-order chi connectivity index (χ0) is 13.8. The molecule has 18 heavy (non-hydrogen) atoms. The third-order valence-electron chi connectivity index (χ3n) is 3.05. The van der Waals surface area contributed by atoms with Gasteiger partial charge in [-0.25, -0.2) is 4.79 Å². The summed E-state index contributed by atoms with van der Waals surface area (Å²) >= 11 is 6.06. The molecule has 2 unspecified atom stereocenters. The number of allylic oxidation sites excluding steroid dienone is 2. The Morgan fingerprint density at radius 3 is 2.78 bits per heavy atom. The van der Waals surface area contributed by atoms with E-state index in [2.05, 4.69) is 26.8 Å². The molecule has 0 radical (unpaired) electrons. The molecule has 0 aromatic rings. The van der Waals surface area contributed by atoms with Crippen molar-refractivity contribution in [3.05, 3.63) is 11.6 Å². The van der Waals surface area contributed by atoms with E-state index in [0.717, 1.165) is 19.3 Å². The lowest BCUT2D eigenvalue weighted by molar-refractivity contribution is -0.146. The third kappa shape index (κ3) is 4.29. The normalized spacial score (nSPS) is 27.5. The summed E-state index contributed by atoms with van der Waals surface area (Å²) < 4.78 is 10.2. The largest absolute Gasteiger partial charge is 0.463 e. The molecule has 0 spiro atoms. The van der Waals surface area contributed by atoms with E-state index in [9.17, 15) is 4.79 Å². The van der Waals surface area contributed by atoms with E-state index >= 15 is 0 Å². The first kappa shape index (κ1) is 15.5. The quantitative estimate of drug-likeness (QED) is 0.308. The molecule has 104 valence electrons. The number of hydrogen-bond donors (Lipinski definition) is 0. The lowest BCUT2D eigenvalue weighted by atomic mass is 9.98. The fourth-order valence-electron chi connectivity index (χ4n) is 1.92. The molecule has 1 heterocycles. The maximum absolute atomic E-state index is 11.5. The second kappa shape index (κ2) is 6.58. The highest BCUT2D eigenvalue weighted by atomic mass is 35.5. The highest BCUT2D eigenvalue weighted by molar-refractivity contribution is 6.35. The Hall–Kier alpha value is -0.540. The Kier molecular flexibility index (Phi) is 5.67. The molecule has 0 aromatic carbocycles. The van der Waals surface area contributed by atoms with Gasteiger partial charge in [0.2, 0.25) is 0 Å². The first-order valence-corrected chi connectivity index (χ1v) is 6.95. The second-order valence-corrected chi connectivity index (χ2v) is 5.73. The summed E-state index contributed by atoms with van der Waals surface area (Å²) in [6, 6.07) is 0.